The molecule has 0 radical (unpaired) electrons. The molecule has 2 unspecified atom stereocenters. The molecule has 0 N–H and O–H groups in total. The largest absolute Gasteiger partial charge is 0.494 e. The molecule has 0 saturated carbocycles. The van der Waals surface area contributed by atoms with Gasteiger partial charge in [-0.2, -0.15) is 0 Å². The second-order valence-corrected chi connectivity index (χ2v) is 31.8. The highest BCUT2D eigenvalue weighted by atomic mass is 16.7. The Hall–Kier alpha value is -12.0. The predicted octanol–water partition coefficient (Wildman–Crippen LogP) is 23.4. The second kappa shape index (κ2) is 25.1. The normalized spacial score (nSPS) is 17.8. The van der Waals surface area contributed by atoms with E-state index in [9.17, 15) is 0 Å². The Labute approximate surface area is 633 Å². The summed E-state index contributed by atoms with van der Waals surface area (Å²) in [6.45, 7) is 20.0. The summed E-state index contributed by atoms with van der Waals surface area (Å²) in [6, 6.07) is 124. The number of fused-ring (bicyclic) bond motifs is 14. The number of para-hydroxylation sites is 6. The van der Waals surface area contributed by atoms with Crippen LogP contribution in [0.3, 0.4) is 0 Å². The monoisotopic (exact) mass is 1390 g/mol. The van der Waals surface area contributed by atoms with Gasteiger partial charge in [0, 0.05) is 27.8 Å². The topological polar surface area (TPSA) is 54.1 Å². The Morgan fingerprint density at radius 2 is 0.630 bits per heavy atom. The van der Waals surface area contributed by atoms with Crippen molar-refractivity contribution >= 4 is 34.6 Å². The number of benzene rings is 14. The van der Waals surface area contributed by atoms with Crippen LogP contribution in [0.5, 0.6) is 0 Å². The van der Waals surface area contributed by atoms with Gasteiger partial charge in [0.05, 0.1) is 44.1 Å². The predicted molar refractivity (Wildman–Crippen MR) is 444 cm³/mol. The molecule has 6 nitrogen and oxygen atoms in total. The van der Waals surface area contributed by atoms with Crippen LogP contribution in [0, 0.1) is 6.92 Å². The summed E-state index contributed by atoms with van der Waals surface area (Å²) in [6.07, 6.45) is 0. The summed E-state index contributed by atoms with van der Waals surface area (Å²) in [5.41, 5.74) is 33.0. The van der Waals surface area contributed by atoms with Crippen molar-refractivity contribution in [3.05, 3.63) is 412 Å². The van der Waals surface area contributed by atoms with Gasteiger partial charge in [0.1, 0.15) is 11.6 Å². The Morgan fingerprint density at radius 1 is 0.278 bits per heavy atom. The maximum Gasteiger partial charge on any atom is 0.494 e. The van der Waals surface area contributed by atoms with Gasteiger partial charge in [-0.3, -0.25) is 9.13 Å². The van der Waals surface area contributed by atoms with Crippen LogP contribution in [0.25, 0.3) is 89.3 Å². The SMILES string of the molecule is CC1(C)c2ccccc2-c2ccc(C3(c4ccccc4)c4ccccc4-c4ccc(-c5nc6ccccc6n5-c5ccccc5)cc43)cc21.CC1(C)c2ccccc2-c2ccc(C3(c4ccccc4)c4ccccc4-c4ccc(B5OC(C)(C)C(C)(C)O5)cc43)cc21.Cc1nc2ccccc2n1-c1ccccc1. The van der Waals surface area contributed by atoms with Crippen molar-refractivity contribution in [3.63, 3.8) is 0 Å². The maximum absolute atomic E-state index is 6.57. The minimum absolute atomic E-state index is 0.0920. The molecule has 14 aromatic carbocycles. The van der Waals surface area contributed by atoms with Gasteiger partial charge in [-0.25, -0.2) is 9.97 Å². The first kappa shape index (κ1) is 66.7. The zero-order valence-electron chi connectivity index (χ0n) is 62.5. The lowest BCUT2D eigenvalue weighted by Crippen LogP contribution is -2.41. The van der Waals surface area contributed by atoms with Gasteiger partial charge < -0.3 is 9.31 Å². The average molecular weight is 1400 g/mol. The smallest absolute Gasteiger partial charge is 0.399 e. The van der Waals surface area contributed by atoms with Crippen LogP contribution < -0.4 is 5.46 Å². The van der Waals surface area contributed by atoms with Crippen LogP contribution in [-0.4, -0.2) is 37.4 Å². The van der Waals surface area contributed by atoms with Gasteiger partial charge in [0.15, 0.2) is 0 Å². The van der Waals surface area contributed by atoms with Crippen LogP contribution in [0.15, 0.2) is 340 Å². The number of aryl methyl sites for hydroxylation is 1. The molecule has 0 amide bonds. The molecular formula is C101H83BN4O2. The van der Waals surface area contributed by atoms with Gasteiger partial charge in [-0.05, 0) is 206 Å². The van der Waals surface area contributed by atoms with E-state index in [1.54, 1.807) is 0 Å². The van der Waals surface area contributed by atoms with Crippen molar-refractivity contribution in [3.8, 4) is 67.3 Å². The first-order chi connectivity index (χ1) is 52.5. The summed E-state index contributed by atoms with van der Waals surface area (Å²) in [4.78, 5) is 9.83. The molecule has 1 fully saturated rings. The van der Waals surface area contributed by atoms with E-state index in [1.807, 2.05) is 43.3 Å². The van der Waals surface area contributed by atoms with E-state index in [0.717, 1.165) is 56.1 Å². The van der Waals surface area contributed by atoms with E-state index in [1.165, 1.54) is 111 Å². The first-order valence-electron chi connectivity index (χ1n) is 38.0. The fourth-order valence-electron chi connectivity index (χ4n) is 18.8. The number of aromatic nitrogens is 4. The van der Waals surface area contributed by atoms with Crippen LogP contribution in [0.2, 0.25) is 0 Å². The molecule has 2 atom stereocenters. The Balaban J connectivity index is 0.000000123. The van der Waals surface area contributed by atoms with Crippen LogP contribution in [0.4, 0.5) is 0 Å². The van der Waals surface area contributed by atoms with Crippen molar-refractivity contribution in [2.24, 2.45) is 0 Å². The van der Waals surface area contributed by atoms with Gasteiger partial charge in [0.2, 0.25) is 0 Å². The average Bonchev–Trinajstić information content (AvgIpc) is 1.52. The van der Waals surface area contributed by atoms with Gasteiger partial charge in [0.25, 0.3) is 0 Å². The third-order valence-electron chi connectivity index (χ3n) is 24.7. The van der Waals surface area contributed by atoms with E-state index in [-0.39, 0.29) is 10.8 Å². The molecular weight excluding hydrogens is 1310 g/mol. The number of nitrogens with zero attached hydrogens (tertiary/aromatic N) is 4. The lowest BCUT2D eigenvalue weighted by atomic mass is 9.65. The maximum atomic E-state index is 6.57. The highest BCUT2D eigenvalue weighted by molar-refractivity contribution is 6.62. The molecule has 16 aromatic rings. The van der Waals surface area contributed by atoms with Crippen molar-refractivity contribution in [1.29, 1.82) is 0 Å². The first-order valence-corrected chi connectivity index (χ1v) is 38.0. The number of imidazole rings is 2. The Morgan fingerprint density at radius 3 is 1.12 bits per heavy atom. The van der Waals surface area contributed by atoms with E-state index < -0.39 is 29.2 Å². The van der Waals surface area contributed by atoms with Crippen LogP contribution >= 0.6 is 0 Å². The fraction of sp³-hybridized carbons (Fsp3) is 0.149. The Kier molecular flexibility index (Phi) is 15.5. The lowest BCUT2D eigenvalue weighted by molar-refractivity contribution is 0.00578. The van der Waals surface area contributed by atoms with Gasteiger partial charge in [-0.1, -0.05) is 313 Å². The molecule has 0 spiro atoms. The van der Waals surface area contributed by atoms with Crippen molar-refractivity contribution < 1.29 is 9.31 Å². The summed E-state index contributed by atoms with van der Waals surface area (Å²) in [7, 11) is -0.430. The summed E-state index contributed by atoms with van der Waals surface area (Å²) in [5, 5.41) is 0. The molecule has 21 rings (SSSR count). The minimum atomic E-state index is -0.521. The van der Waals surface area contributed by atoms with E-state index in [2.05, 4.69) is 373 Å². The highest BCUT2D eigenvalue weighted by Gasteiger charge is 2.54. The molecule has 5 aliphatic rings. The molecule has 1 aliphatic heterocycles. The standard InChI is InChI=1S/C47H34N2.C40H37BO2.C14H12N2/c1-46(2)39-21-11-9-19-35(39)37-28-26-33(30-41(37)46)47(32-15-5-3-6-16-32)40-22-12-10-20-36(40)38-27-25-31(29-42(38)47)45-48-43-23-13-14-24-44(43)49(45)34-17-7-4-8-18-34;1-37(2)33-18-12-10-16-29(33)31-22-20-27(24-35(31)37)40(26-14-8-7-9-15-26)34-19-13-11-17-30(34)32-23-21-28(25-36(32)40)41-42-38(3,4)39(5,6)43-41;1-11-15-13-9-5-6-10-14(13)16(11)12-7-3-2-4-8-12/h3-30H,1-2H3;7-25H,1-6H3;2-10H,1H3. The molecule has 522 valence electrons. The van der Waals surface area contributed by atoms with Gasteiger partial charge >= 0.3 is 7.12 Å². The molecule has 7 heteroatoms. The Bertz CT molecular complexity index is 6210. The lowest BCUT2D eigenvalue weighted by Gasteiger charge is -2.35. The summed E-state index contributed by atoms with van der Waals surface area (Å²) in [5.74, 6) is 1.96. The van der Waals surface area contributed by atoms with Crippen LogP contribution in [0.1, 0.15) is 128 Å². The molecule has 0 bridgehead atoms. The highest BCUT2D eigenvalue weighted by Crippen LogP contribution is 2.61. The molecule has 3 heterocycles. The summed E-state index contributed by atoms with van der Waals surface area (Å²) < 4.78 is 17.6. The van der Waals surface area contributed by atoms with Crippen molar-refractivity contribution in [2.75, 3.05) is 0 Å². The third-order valence-corrected chi connectivity index (χ3v) is 24.7. The van der Waals surface area contributed by atoms with E-state index in [4.69, 9.17) is 14.3 Å². The summed E-state index contributed by atoms with van der Waals surface area (Å²) >= 11 is 0. The number of hydrogen-bond acceptors (Lipinski definition) is 4. The molecule has 2 aromatic heterocycles. The molecule has 4 aliphatic carbocycles. The number of rotatable bonds is 8. The minimum Gasteiger partial charge on any atom is -0.399 e. The third kappa shape index (κ3) is 10.0. The number of hydrogen-bond donors (Lipinski definition) is 0. The van der Waals surface area contributed by atoms with Crippen LogP contribution in [-0.2, 0) is 31.0 Å². The zero-order chi connectivity index (χ0) is 73.5. The molecule has 1 saturated heterocycles. The van der Waals surface area contributed by atoms with Crippen molar-refractivity contribution in [1.82, 2.24) is 19.1 Å². The second-order valence-electron chi connectivity index (χ2n) is 31.8. The molecule has 108 heavy (non-hydrogen) atoms. The van der Waals surface area contributed by atoms with E-state index >= 15 is 0 Å². The van der Waals surface area contributed by atoms with Crippen molar-refractivity contribution in [2.45, 2.75) is 95.2 Å². The van der Waals surface area contributed by atoms with E-state index in [0.29, 0.717) is 0 Å². The fourth-order valence-corrected chi connectivity index (χ4v) is 18.8. The zero-order valence-corrected chi connectivity index (χ0v) is 62.5. The van der Waals surface area contributed by atoms with Gasteiger partial charge in [-0.15, -0.1) is 0 Å². The quantitative estimate of drug-likeness (QED) is 0.142.